The van der Waals surface area contributed by atoms with Crippen molar-refractivity contribution >= 4 is 17.6 Å². The molecular weight excluding hydrogens is 378 g/mol. The molecule has 0 amide bonds. The van der Waals surface area contributed by atoms with Gasteiger partial charge in [-0.05, 0) is 12.1 Å². The van der Waals surface area contributed by atoms with E-state index in [1.807, 2.05) is 12.3 Å². The van der Waals surface area contributed by atoms with Crippen LogP contribution in [0.3, 0.4) is 0 Å². The number of alkyl halides is 6. The van der Waals surface area contributed by atoms with E-state index < -0.39 is 24.3 Å². The Morgan fingerprint density at radius 1 is 1.00 bits per heavy atom. The molecule has 2 aromatic rings. The molecule has 0 bridgehead atoms. The zero-order valence-electron chi connectivity index (χ0n) is 12.4. The van der Waals surface area contributed by atoms with Crippen LogP contribution in [0, 0.1) is 0 Å². The van der Waals surface area contributed by atoms with Gasteiger partial charge in [-0.1, -0.05) is 0 Å². The molecule has 144 valence electrons. The van der Waals surface area contributed by atoms with Crippen LogP contribution in [0.15, 0.2) is 36.8 Å². The molecule has 0 saturated carbocycles. The van der Waals surface area contributed by atoms with E-state index in [9.17, 15) is 26.3 Å². The fraction of sp³-hybridized carbons (Fsp3) is 0.167. The Bertz CT molecular complexity index is 691. The molecule has 0 spiro atoms. The number of anilines is 1. The molecule has 0 saturated heterocycles. The van der Waals surface area contributed by atoms with E-state index in [4.69, 9.17) is 25.5 Å². The molecule has 0 aromatic carbocycles. The summed E-state index contributed by atoms with van der Waals surface area (Å²) in [5, 5.41) is 18.3. The average Bonchev–Trinajstić information content (AvgIpc) is 3.00. The van der Waals surface area contributed by atoms with Gasteiger partial charge in [-0.15, -0.1) is 0 Å². The summed E-state index contributed by atoms with van der Waals surface area (Å²) >= 11 is 0. The van der Waals surface area contributed by atoms with Gasteiger partial charge in [0.05, 0.1) is 0 Å². The number of hydrogen-bond donors (Lipinski definition) is 3. The third-order valence-corrected chi connectivity index (χ3v) is 1.99. The Balaban J connectivity index is 0.000000390. The van der Waals surface area contributed by atoms with E-state index in [0.717, 1.165) is 5.82 Å². The van der Waals surface area contributed by atoms with Crippen molar-refractivity contribution in [2.75, 3.05) is 5.73 Å². The summed E-state index contributed by atoms with van der Waals surface area (Å²) in [6.45, 7) is 0. The number of carboxylic acids is 2. The predicted octanol–water partition coefficient (Wildman–Crippen LogP) is 2.12. The van der Waals surface area contributed by atoms with Gasteiger partial charge in [0, 0.05) is 30.3 Å². The van der Waals surface area contributed by atoms with Crippen molar-refractivity contribution in [3.05, 3.63) is 36.8 Å². The molecule has 0 unspecified atom stereocenters. The van der Waals surface area contributed by atoms with E-state index in [1.54, 1.807) is 29.2 Å². The van der Waals surface area contributed by atoms with Crippen molar-refractivity contribution < 1.29 is 46.1 Å². The molecule has 0 fully saturated rings. The topological polar surface area (TPSA) is 131 Å². The Kier molecular flexibility index (Phi) is 8.06. The largest absolute Gasteiger partial charge is 0.490 e. The number of rotatable bonds is 1. The van der Waals surface area contributed by atoms with Crippen molar-refractivity contribution in [3.63, 3.8) is 0 Å². The average molecular weight is 388 g/mol. The van der Waals surface area contributed by atoms with E-state index in [0.29, 0.717) is 5.69 Å². The second-order valence-corrected chi connectivity index (χ2v) is 4.00. The normalized spacial score (nSPS) is 10.7. The highest BCUT2D eigenvalue weighted by atomic mass is 19.4. The molecule has 0 aliphatic carbocycles. The number of nitrogen functional groups attached to an aromatic ring is 1. The lowest BCUT2D eigenvalue weighted by Gasteiger charge is -1.99. The van der Waals surface area contributed by atoms with Crippen LogP contribution in [-0.4, -0.2) is 49.3 Å². The van der Waals surface area contributed by atoms with E-state index in [2.05, 4.69) is 10.1 Å². The molecule has 0 aliphatic heterocycles. The highest BCUT2D eigenvalue weighted by molar-refractivity contribution is 5.73. The Labute approximate surface area is 140 Å². The van der Waals surface area contributed by atoms with Gasteiger partial charge in [-0.2, -0.15) is 31.4 Å². The smallest absolute Gasteiger partial charge is 0.475 e. The van der Waals surface area contributed by atoms with Crippen LogP contribution in [0.2, 0.25) is 0 Å². The first-order valence-electron chi connectivity index (χ1n) is 6.07. The first-order chi connectivity index (χ1) is 11.7. The van der Waals surface area contributed by atoms with Crippen LogP contribution in [0.1, 0.15) is 0 Å². The van der Waals surface area contributed by atoms with Crippen molar-refractivity contribution in [1.29, 1.82) is 0 Å². The first kappa shape index (κ1) is 22.7. The van der Waals surface area contributed by atoms with Gasteiger partial charge < -0.3 is 15.9 Å². The summed E-state index contributed by atoms with van der Waals surface area (Å²) < 4.78 is 65.1. The van der Waals surface area contributed by atoms with Crippen molar-refractivity contribution in [2.45, 2.75) is 12.4 Å². The van der Waals surface area contributed by atoms with Crippen LogP contribution in [-0.2, 0) is 9.59 Å². The minimum absolute atomic E-state index is 0.690. The molecule has 2 heterocycles. The minimum Gasteiger partial charge on any atom is -0.475 e. The quantitative estimate of drug-likeness (QED) is 0.638. The molecule has 2 aromatic heterocycles. The van der Waals surface area contributed by atoms with Crippen LogP contribution >= 0.6 is 0 Å². The van der Waals surface area contributed by atoms with Crippen LogP contribution in [0.4, 0.5) is 32.0 Å². The highest BCUT2D eigenvalue weighted by Gasteiger charge is 2.38. The van der Waals surface area contributed by atoms with Gasteiger partial charge in [0.1, 0.15) is 0 Å². The number of nitrogens with zero attached hydrogens (tertiary/aromatic N) is 3. The highest BCUT2D eigenvalue weighted by Crippen LogP contribution is 2.13. The van der Waals surface area contributed by atoms with Gasteiger partial charge in [-0.25, -0.2) is 19.3 Å². The van der Waals surface area contributed by atoms with E-state index in [-0.39, 0.29) is 0 Å². The number of halogens is 6. The Morgan fingerprint density at radius 3 is 1.77 bits per heavy atom. The monoisotopic (exact) mass is 388 g/mol. The van der Waals surface area contributed by atoms with Crippen LogP contribution in [0.25, 0.3) is 5.82 Å². The van der Waals surface area contributed by atoms with E-state index in [1.165, 1.54) is 0 Å². The summed E-state index contributed by atoms with van der Waals surface area (Å²) in [7, 11) is 0. The fourth-order valence-electron chi connectivity index (χ4n) is 0.964. The molecule has 0 atom stereocenters. The summed E-state index contributed by atoms with van der Waals surface area (Å²) in [6, 6.07) is 5.35. The van der Waals surface area contributed by atoms with Crippen molar-refractivity contribution in [3.8, 4) is 5.82 Å². The number of nitrogens with two attached hydrogens (primary N) is 1. The number of aromatic nitrogens is 3. The van der Waals surface area contributed by atoms with Crippen LogP contribution in [0.5, 0.6) is 0 Å². The summed E-state index contributed by atoms with van der Waals surface area (Å²) in [5.74, 6) is -4.78. The number of carbonyl (C=O) groups is 2. The molecule has 8 nitrogen and oxygen atoms in total. The van der Waals surface area contributed by atoms with Crippen LogP contribution < -0.4 is 5.73 Å². The SMILES string of the molecule is Nc1ccnc(-n2cccn2)c1.O=C(O)C(F)(F)F.O=C(O)C(F)(F)F. The maximum Gasteiger partial charge on any atom is 0.490 e. The molecule has 2 rings (SSSR count). The van der Waals surface area contributed by atoms with Gasteiger partial charge in [0.2, 0.25) is 0 Å². The molecule has 0 aliphatic rings. The lowest BCUT2D eigenvalue weighted by atomic mass is 10.4. The second-order valence-electron chi connectivity index (χ2n) is 4.00. The fourth-order valence-corrected chi connectivity index (χ4v) is 0.964. The number of aliphatic carboxylic acids is 2. The Morgan fingerprint density at radius 2 is 1.46 bits per heavy atom. The lowest BCUT2D eigenvalue weighted by Crippen LogP contribution is -2.21. The maximum absolute atomic E-state index is 10.6. The third-order valence-electron chi connectivity index (χ3n) is 1.99. The molecule has 26 heavy (non-hydrogen) atoms. The zero-order chi connectivity index (χ0) is 20.5. The molecule has 14 heteroatoms. The standard InChI is InChI=1S/C8H8N4.2C2HF3O2/c9-7-2-4-10-8(6-7)12-5-1-3-11-12;2*3-2(4,5)1(6)7/h1-6H,(H2,9,10);2*(H,6,7). The first-order valence-corrected chi connectivity index (χ1v) is 6.07. The Hall–Kier alpha value is -3.32. The summed E-state index contributed by atoms with van der Waals surface area (Å²) in [6.07, 6.45) is -4.99. The van der Waals surface area contributed by atoms with Crippen molar-refractivity contribution in [1.82, 2.24) is 14.8 Å². The molecule has 0 radical (unpaired) electrons. The predicted molar refractivity (Wildman–Crippen MR) is 73.2 cm³/mol. The zero-order valence-corrected chi connectivity index (χ0v) is 12.4. The van der Waals surface area contributed by atoms with Gasteiger partial charge in [0.15, 0.2) is 5.82 Å². The minimum atomic E-state index is -5.08. The second kappa shape index (κ2) is 9.24. The van der Waals surface area contributed by atoms with E-state index >= 15 is 0 Å². The van der Waals surface area contributed by atoms with Gasteiger partial charge in [0.25, 0.3) is 0 Å². The summed E-state index contributed by atoms with van der Waals surface area (Å²) in [5.41, 5.74) is 6.27. The third kappa shape index (κ3) is 9.09. The number of carboxylic acid groups (broad SMARTS) is 2. The van der Waals surface area contributed by atoms with Gasteiger partial charge in [-0.3, -0.25) is 0 Å². The molecular formula is C12H10F6N4O4. The molecule has 4 N–H and O–H groups in total. The lowest BCUT2D eigenvalue weighted by molar-refractivity contribution is -0.193. The number of hydrogen-bond acceptors (Lipinski definition) is 5. The maximum atomic E-state index is 10.6. The van der Waals surface area contributed by atoms with Crippen molar-refractivity contribution in [2.24, 2.45) is 0 Å². The summed E-state index contributed by atoms with van der Waals surface area (Å²) in [4.78, 5) is 21.9. The van der Waals surface area contributed by atoms with Gasteiger partial charge >= 0.3 is 24.3 Å². The number of pyridine rings is 1.